The normalized spacial score (nSPS) is 19.4. The van der Waals surface area contributed by atoms with E-state index in [0.717, 1.165) is 19.3 Å². The Hall–Kier alpha value is -0.320. The zero-order chi connectivity index (χ0) is 9.84. The van der Waals surface area contributed by atoms with Gasteiger partial charge in [-0.25, -0.2) is 0 Å². The van der Waals surface area contributed by atoms with E-state index < -0.39 is 12.1 Å². The van der Waals surface area contributed by atoms with Crippen LogP contribution >= 0.6 is 12.4 Å². The molecule has 1 saturated carbocycles. The van der Waals surface area contributed by atoms with Gasteiger partial charge < -0.3 is 16.2 Å². The predicted octanol–water partition coefficient (Wildman–Crippen LogP) is 0.175. The molecule has 0 aliphatic heterocycles. The Balaban J connectivity index is 0.00000169. The molecule has 0 heterocycles. The molecule has 0 radical (unpaired) electrons. The molecule has 1 fully saturated rings. The molecule has 84 valence electrons. The van der Waals surface area contributed by atoms with Crippen molar-refractivity contribution in [1.29, 1.82) is 0 Å². The topological polar surface area (TPSA) is 75.3 Å². The average molecular weight is 223 g/mol. The van der Waals surface area contributed by atoms with Gasteiger partial charge in [0.15, 0.2) is 0 Å². The predicted molar refractivity (Wildman–Crippen MR) is 57.3 cm³/mol. The Bertz CT molecular complexity index is 186. The van der Waals surface area contributed by atoms with Crippen molar-refractivity contribution in [2.75, 3.05) is 0 Å². The van der Waals surface area contributed by atoms with Gasteiger partial charge in [0.2, 0.25) is 0 Å². The Morgan fingerprint density at radius 2 is 2.21 bits per heavy atom. The molecule has 1 rings (SSSR count). The van der Waals surface area contributed by atoms with E-state index in [1.54, 1.807) is 0 Å². The van der Waals surface area contributed by atoms with E-state index >= 15 is 0 Å². The summed E-state index contributed by atoms with van der Waals surface area (Å²) in [5.41, 5.74) is 5.61. The summed E-state index contributed by atoms with van der Waals surface area (Å²) >= 11 is 0. The molecule has 0 aromatic carbocycles. The van der Waals surface area contributed by atoms with Gasteiger partial charge >= 0.3 is 0 Å². The highest BCUT2D eigenvalue weighted by Gasteiger charge is 2.28. The maximum Gasteiger partial charge on any atom is 0.250 e. The van der Waals surface area contributed by atoms with Crippen molar-refractivity contribution in [2.45, 2.75) is 50.8 Å². The van der Waals surface area contributed by atoms with Crippen molar-refractivity contribution in [2.24, 2.45) is 5.73 Å². The number of aliphatic hydroxyl groups is 1. The molecular formula is C9H19ClN2O2. The summed E-state index contributed by atoms with van der Waals surface area (Å²) in [5, 5.41) is 12.2. The molecule has 1 aliphatic rings. The molecule has 0 aromatic heterocycles. The minimum absolute atomic E-state index is 0. The van der Waals surface area contributed by atoms with E-state index in [2.05, 4.69) is 5.32 Å². The number of halogens is 1. The number of carbonyl (C=O) groups is 1. The van der Waals surface area contributed by atoms with Crippen LogP contribution in [0.3, 0.4) is 0 Å². The van der Waals surface area contributed by atoms with Gasteiger partial charge in [0.05, 0.1) is 0 Å². The second-order valence-electron chi connectivity index (χ2n) is 3.68. The maximum absolute atomic E-state index is 11.3. The highest BCUT2D eigenvalue weighted by atomic mass is 35.5. The summed E-state index contributed by atoms with van der Waals surface area (Å²) in [6.45, 7) is 1.98. The first-order chi connectivity index (χ1) is 6.15. The molecule has 1 aliphatic carbocycles. The van der Waals surface area contributed by atoms with E-state index in [1.807, 2.05) is 6.92 Å². The fourth-order valence-electron chi connectivity index (χ4n) is 1.20. The second-order valence-corrected chi connectivity index (χ2v) is 3.68. The van der Waals surface area contributed by atoms with Gasteiger partial charge in [-0.05, 0) is 19.3 Å². The third-order valence-corrected chi connectivity index (χ3v) is 2.22. The van der Waals surface area contributed by atoms with Crippen molar-refractivity contribution >= 4 is 18.3 Å². The van der Waals surface area contributed by atoms with Gasteiger partial charge in [0.1, 0.15) is 6.10 Å². The van der Waals surface area contributed by atoms with E-state index in [4.69, 9.17) is 5.73 Å². The quantitative estimate of drug-likeness (QED) is 0.621. The molecule has 0 aromatic rings. The van der Waals surface area contributed by atoms with Crippen LogP contribution in [0.5, 0.6) is 0 Å². The highest BCUT2D eigenvalue weighted by Crippen LogP contribution is 2.18. The highest BCUT2D eigenvalue weighted by molar-refractivity contribution is 5.85. The number of amides is 1. The largest absolute Gasteiger partial charge is 0.382 e. The molecule has 5 heteroatoms. The van der Waals surface area contributed by atoms with Crippen LogP contribution in [0, 0.1) is 0 Å². The number of aliphatic hydroxyl groups excluding tert-OH is 1. The third kappa shape index (κ3) is 4.26. The Morgan fingerprint density at radius 1 is 1.64 bits per heavy atom. The fourth-order valence-corrected chi connectivity index (χ4v) is 1.20. The fraction of sp³-hybridized carbons (Fsp3) is 0.889. The lowest BCUT2D eigenvalue weighted by Crippen LogP contribution is -2.46. The van der Waals surface area contributed by atoms with Crippen molar-refractivity contribution in [3.63, 3.8) is 0 Å². The molecule has 4 nitrogen and oxygen atoms in total. The van der Waals surface area contributed by atoms with Crippen LogP contribution in [-0.4, -0.2) is 29.2 Å². The standard InChI is InChI=1S/C9H18N2O2.ClH/c1-2-3-7(10)8(12)9(13)11-6-4-5-6;/h6-8,12H,2-5,10H2,1H3,(H,11,13);1H. The van der Waals surface area contributed by atoms with Crippen LogP contribution in [0.4, 0.5) is 0 Å². The van der Waals surface area contributed by atoms with Gasteiger partial charge in [0, 0.05) is 12.1 Å². The lowest BCUT2D eigenvalue weighted by atomic mass is 10.1. The van der Waals surface area contributed by atoms with Gasteiger partial charge in [0.25, 0.3) is 5.91 Å². The summed E-state index contributed by atoms with van der Waals surface area (Å²) in [6.07, 6.45) is 2.58. The van der Waals surface area contributed by atoms with Gasteiger partial charge in [-0.15, -0.1) is 12.4 Å². The van der Waals surface area contributed by atoms with Crippen LogP contribution < -0.4 is 11.1 Å². The molecule has 4 N–H and O–H groups in total. The summed E-state index contributed by atoms with van der Waals surface area (Å²) in [5.74, 6) is -0.316. The number of hydrogen-bond acceptors (Lipinski definition) is 3. The molecule has 2 unspecified atom stereocenters. The van der Waals surface area contributed by atoms with Crippen molar-refractivity contribution in [1.82, 2.24) is 5.32 Å². The molecule has 0 spiro atoms. The Kier molecular flexibility index (Phi) is 6.08. The first-order valence-electron chi connectivity index (χ1n) is 4.89. The van der Waals surface area contributed by atoms with E-state index in [9.17, 15) is 9.90 Å². The zero-order valence-corrected chi connectivity index (χ0v) is 9.22. The molecule has 0 saturated heterocycles. The van der Waals surface area contributed by atoms with Crippen LogP contribution in [0.15, 0.2) is 0 Å². The average Bonchev–Trinajstić information content (AvgIpc) is 2.87. The third-order valence-electron chi connectivity index (χ3n) is 2.22. The minimum Gasteiger partial charge on any atom is -0.382 e. The second kappa shape index (κ2) is 6.22. The van der Waals surface area contributed by atoms with Gasteiger partial charge in [-0.2, -0.15) is 0 Å². The number of nitrogens with two attached hydrogens (primary N) is 1. The summed E-state index contributed by atoms with van der Waals surface area (Å²) in [6, 6.07) is -0.139. The number of hydrogen-bond donors (Lipinski definition) is 3. The monoisotopic (exact) mass is 222 g/mol. The summed E-state index contributed by atoms with van der Waals surface area (Å²) in [7, 11) is 0. The molecule has 2 atom stereocenters. The van der Waals surface area contributed by atoms with Crippen LogP contribution in [-0.2, 0) is 4.79 Å². The van der Waals surface area contributed by atoms with Crippen LogP contribution in [0.1, 0.15) is 32.6 Å². The van der Waals surface area contributed by atoms with E-state index in [-0.39, 0.29) is 24.4 Å². The van der Waals surface area contributed by atoms with Gasteiger partial charge in [-0.1, -0.05) is 13.3 Å². The lowest BCUT2D eigenvalue weighted by Gasteiger charge is -2.17. The number of carbonyl (C=O) groups excluding carboxylic acids is 1. The number of rotatable bonds is 5. The van der Waals surface area contributed by atoms with E-state index in [1.165, 1.54) is 0 Å². The molecule has 1 amide bonds. The van der Waals surface area contributed by atoms with Crippen molar-refractivity contribution in [3.05, 3.63) is 0 Å². The summed E-state index contributed by atoms with van der Waals surface area (Å²) in [4.78, 5) is 11.3. The van der Waals surface area contributed by atoms with Crippen molar-refractivity contribution < 1.29 is 9.90 Å². The first kappa shape index (κ1) is 13.7. The SMILES string of the molecule is CCCC(N)C(O)C(=O)NC1CC1.Cl. The van der Waals surface area contributed by atoms with Crippen molar-refractivity contribution in [3.8, 4) is 0 Å². The first-order valence-corrected chi connectivity index (χ1v) is 4.89. The molecule has 14 heavy (non-hydrogen) atoms. The number of nitrogens with one attached hydrogen (secondary N) is 1. The van der Waals surface area contributed by atoms with Crippen LogP contribution in [0.25, 0.3) is 0 Å². The minimum atomic E-state index is -1.04. The van der Waals surface area contributed by atoms with Crippen LogP contribution in [0.2, 0.25) is 0 Å². The summed E-state index contributed by atoms with van der Waals surface area (Å²) < 4.78 is 0. The van der Waals surface area contributed by atoms with E-state index in [0.29, 0.717) is 6.42 Å². The Morgan fingerprint density at radius 3 is 2.64 bits per heavy atom. The lowest BCUT2D eigenvalue weighted by molar-refractivity contribution is -0.130. The molecular weight excluding hydrogens is 204 g/mol. The smallest absolute Gasteiger partial charge is 0.250 e. The maximum atomic E-state index is 11.3. The van der Waals surface area contributed by atoms with Gasteiger partial charge in [-0.3, -0.25) is 4.79 Å². The molecule has 0 bridgehead atoms. The Labute approximate surface area is 90.7 Å². The zero-order valence-electron chi connectivity index (χ0n) is 8.40.